The van der Waals surface area contributed by atoms with Crippen LogP contribution in [0.3, 0.4) is 0 Å². The number of carbonyl (C=O) groups excluding carboxylic acids is 1. The Morgan fingerprint density at radius 2 is 1.78 bits per heavy atom. The predicted molar refractivity (Wildman–Crippen MR) is 107 cm³/mol. The smallest absolute Gasteiger partial charge is 0.258 e. The van der Waals surface area contributed by atoms with Crippen LogP contribution in [0.1, 0.15) is 36.5 Å². The van der Waals surface area contributed by atoms with E-state index in [0.717, 1.165) is 41.0 Å². The Hall–Kier alpha value is -2.69. The zero-order chi connectivity index (χ0) is 19.6. The number of rotatable bonds is 10. The standard InChI is InChI=1S/C22H29NO4/c1-5-6-12-26-19-11-10-18(13-20(19)25-4)14-23-21(24)15-27-22-16(2)8-7-9-17(22)3/h7-11,13H,5-6,12,14-15H2,1-4H3,(H,23,24). The number of carbonyl (C=O) groups is 1. The van der Waals surface area contributed by atoms with Crippen molar-refractivity contribution in [3.63, 3.8) is 0 Å². The molecule has 0 radical (unpaired) electrons. The van der Waals surface area contributed by atoms with Crippen molar-refractivity contribution in [1.82, 2.24) is 5.32 Å². The van der Waals surface area contributed by atoms with Crippen LogP contribution in [0.2, 0.25) is 0 Å². The minimum Gasteiger partial charge on any atom is -0.493 e. The van der Waals surface area contributed by atoms with Crippen molar-refractivity contribution < 1.29 is 19.0 Å². The first-order chi connectivity index (χ1) is 13.0. The molecule has 2 aromatic rings. The first kappa shape index (κ1) is 20.6. The third-order valence-electron chi connectivity index (χ3n) is 4.23. The molecular weight excluding hydrogens is 342 g/mol. The molecule has 2 aromatic carbocycles. The van der Waals surface area contributed by atoms with E-state index in [0.29, 0.717) is 18.9 Å². The average Bonchev–Trinajstić information content (AvgIpc) is 2.66. The summed E-state index contributed by atoms with van der Waals surface area (Å²) in [5, 5.41) is 2.87. The summed E-state index contributed by atoms with van der Waals surface area (Å²) in [6.07, 6.45) is 2.08. The van der Waals surface area contributed by atoms with Crippen molar-refractivity contribution in [1.29, 1.82) is 0 Å². The second-order valence-corrected chi connectivity index (χ2v) is 6.47. The highest BCUT2D eigenvalue weighted by Crippen LogP contribution is 2.28. The number of ether oxygens (including phenoxy) is 3. The van der Waals surface area contributed by atoms with Crippen molar-refractivity contribution in [3.8, 4) is 17.2 Å². The summed E-state index contributed by atoms with van der Waals surface area (Å²) in [7, 11) is 1.61. The Morgan fingerprint density at radius 1 is 1.04 bits per heavy atom. The van der Waals surface area contributed by atoms with Gasteiger partial charge in [0.15, 0.2) is 18.1 Å². The molecule has 5 nitrogen and oxygen atoms in total. The van der Waals surface area contributed by atoms with Gasteiger partial charge in [-0.1, -0.05) is 37.6 Å². The number of nitrogens with one attached hydrogen (secondary N) is 1. The van der Waals surface area contributed by atoms with E-state index in [-0.39, 0.29) is 12.5 Å². The summed E-state index contributed by atoms with van der Waals surface area (Å²) in [6, 6.07) is 11.6. The van der Waals surface area contributed by atoms with E-state index in [9.17, 15) is 4.79 Å². The number of hydrogen-bond acceptors (Lipinski definition) is 4. The minimum atomic E-state index is -0.167. The summed E-state index contributed by atoms with van der Waals surface area (Å²) >= 11 is 0. The summed E-state index contributed by atoms with van der Waals surface area (Å²) in [5.74, 6) is 1.99. The van der Waals surface area contributed by atoms with Gasteiger partial charge in [0.05, 0.1) is 13.7 Å². The summed E-state index contributed by atoms with van der Waals surface area (Å²) < 4.78 is 16.8. The van der Waals surface area contributed by atoms with Gasteiger partial charge in [0.1, 0.15) is 5.75 Å². The summed E-state index contributed by atoms with van der Waals surface area (Å²) in [5.41, 5.74) is 2.98. The van der Waals surface area contributed by atoms with Crippen molar-refractivity contribution in [2.45, 2.75) is 40.2 Å². The van der Waals surface area contributed by atoms with Crippen molar-refractivity contribution in [3.05, 3.63) is 53.1 Å². The molecule has 2 rings (SSSR count). The number of methoxy groups -OCH3 is 1. The van der Waals surface area contributed by atoms with Gasteiger partial charge >= 0.3 is 0 Å². The normalized spacial score (nSPS) is 10.4. The predicted octanol–water partition coefficient (Wildman–Crippen LogP) is 4.19. The van der Waals surface area contributed by atoms with Crippen molar-refractivity contribution >= 4 is 5.91 Å². The van der Waals surface area contributed by atoms with E-state index < -0.39 is 0 Å². The maximum Gasteiger partial charge on any atom is 0.258 e. The van der Waals surface area contributed by atoms with Gasteiger partial charge < -0.3 is 19.5 Å². The number of unbranched alkanes of at least 4 members (excludes halogenated alkanes) is 1. The molecule has 27 heavy (non-hydrogen) atoms. The largest absolute Gasteiger partial charge is 0.493 e. The van der Waals surface area contributed by atoms with Gasteiger partial charge in [-0.2, -0.15) is 0 Å². The van der Waals surface area contributed by atoms with Gasteiger partial charge in [0.25, 0.3) is 5.91 Å². The molecule has 1 amide bonds. The lowest BCUT2D eigenvalue weighted by Crippen LogP contribution is -2.28. The van der Waals surface area contributed by atoms with Gasteiger partial charge in [-0.05, 0) is 49.1 Å². The SMILES string of the molecule is CCCCOc1ccc(CNC(=O)COc2c(C)cccc2C)cc1OC. The minimum absolute atomic E-state index is 0.0129. The lowest BCUT2D eigenvalue weighted by atomic mass is 10.1. The van der Waals surface area contributed by atoms with Crippen LogP contribution in [-0.4, -0.2) is 26.2 Å². The highest BCUT2D eigenvalue weighted by Gasteiger charge is 2.09. The molecule has 0 bridgehead atoms. The molecule has 0 fully saturated rings. The number of aryl methyl sites for hydroxylation is 2. The lowest BCUT2D eigenvalue weighted by molar-refractivity contribution is -0.123. The second kappa shape index (κ2) is 10.5. The Balaban J connectivity index is 1.87. The number of para-hydroxylation sites is 1. The van der Waals surface area contributed by atoms with Crippen molar-refractivity contribution in [2.75, 3.05) is 20.3 Å². The third kappa shape index (κ3) is 6.20. The van der Waals surface area contributed by atoms with E-state index in [2.05, 4.69) is 12.2 Å². The van der Waals surface area contributed by atoms with Crippen LogP contribution in [0.5, 0.6) is 17.2 Å². The fourth-order valence-electron chi connectivity index (χ4n) is 2.68. The molecule has 1 N–H and O–H groups in total. The molecular formula is C22H29NO4. The fraction of sp³-hybridized carbons (Fsp3) is 0.409. The molecule has 0 aliphatic rings. The lowest BCUT2D eigenvalue weighted by Gasteiger charge is -2.13. The molecule has 0 aliphatic carbocycles. The zero-order valence-electron chi connectivity index (χ0n) is 16.6. The monoisotopic (exact) mass is 371 g/mol. The van der Waals surface area contributed by atoms with E-state index in [1.54, 1.807) is 7.11 Å². The fourth-order valence-corrected chi connectivity index (χ4v) is 2.68. The topological polar surface area (TPSA) is 56.8 Å². The number of benzene rings is 2. The zero-order valence-corrected chi connectivity index (χ0v) is 16.6. The van der Waals surface area contributed by atoms with E-state index in [4.69, 9.17) is 14.2 Å². The van der Waals surface area contributed by atoms with E-state index in [1.807, 2.05) is 50.2 Å². The van der Waals surface area contributed by atoms with Crippen LogP contribution in [-0.2, 0) is 11.3 Å². The maximum absolute atomic E-state index is 12.1. The summed E-state index contributed by atoms with van der Waals surface area (Å²) in [6.45, 7) is 7.12. The first-order valence-electron chi connectivity index (χ1n) is 9.30. The van der Waals surface area contributed by atoms with Gasteiger partial charge in [0.2, 0.25) is 0 Å². The number of hydrogen-bond donors (Lipinski definition) is 1. The second-order valence-electron chi connectivity index (χ2n) is 6.47. The van der Waals surface area contributed by atoms with Gasteiger partial charge in [-0.15, -0.1) is 0 Å². The first-order valence-corrected chi connectivity index (χ1v) is 9.30. The van der Waals surface area contributed by atoms with E-state index >= 15 is 0 Å². The third-order valence-corrected chi connectivity index (χ3v) is 4.23. The Kier molecular flexibility index (Phi) is 7.99. The molecule has 146 valence electrons. The Morgan fingerprint density at radius 3 is 2.44 bits per heavy atom. The van der Waals surface area contributed by atoms with Crippen LogP contribution in [0.15, 0.2) is 36.4 Å². The quantitative estimate of drug-likeness (QED) is 0.637. The highest BCUT2D eigenvalue weighted by atomic mass is 16.5. The van der Waals surface area contributed by atoms with Crippen molar-refractivity contribution in [2.24, 2.45) is 0 Å². The average molecular weight is 371 g/mol. The van der Waals surface area contributed by atoms with Gasteiger partial charge in [-0.25, -0.2) is 0 Å². The molecule has 0 aliphatic heterocycles. The van der Waals surface area contributed by atoms with Crippen LogP contribution in [0.25, 0.3) is 0 Å². The summed E-state index contributed by atoms with van der Waals surface area (Å²) in [4.78, 5) is 12.1. The highest BCUT2D eigenvalue weighted by molar-refractivity contribution is 5.77. The molecule has 0 heterocycles. The molecule has 0 saturated heterocycles. The van der Waals surface area contributed by atoms with Crippen LogP contribution in [0.4, 0.5) is 0 Å². The van der Waals surface area contributed by atoms with Gasteiger partial charge in [-0.3, -0.25) is 4.79 Å². The molecule has 0 atom stereocenters. The van der Waals surface area contributed by atoms with Crippen LogP contribution < -0.4 is 19.5 Å². The molecule has 0 aromatic heterocycles. The molecule has 0 spiro atoms. The molecule has 0 saturated carbocycles. The molecule has 0 unspecified atom stereocenters. The van der Waals surface area contributed by atoms with Crippen LogP contribution in [0, 0.1) is 13.8 Å². The van der Waals surface area contributed by atoms with E-state index in [1.165, 1.54) is 0 Å². The maximum atomic E-state index is 12.1. The number of amides is 1. The van der Waals surface area contributed by atoms with Crippen LogP contribution >= 0.6 is 0 Å². The Labute approximate surface area is 161 Å². The van der Waals surface area contributed by atoms with Gasteiger partial charge in [0, 0.05) is 6.54 Å². The molecule has 5 heteroatoms. The Bertz CT molecular complexity index is 738.